The first-order valence-corrected chi connectivity index (χ1v) is 11.5. The van der Waals surface area contributed by atoms with Gasteiger partial charge in [-0.25, -0.2) is 4.98 Å². The first-order valence-electron chi connectivity index (χ1n) is 10.7. The standard InChI is InChI=1S/C27H23N3OS/c31-26(22-13-14-24-25(19-22)32-27(29-24)30-17-7-8-18-30)28-16-15-23(20-9-3-1-4-10-20)21-11-5-2-6-12-21/h1-14,17-19,23H,15-16H2,(H,28,31). The molecule has 0 saturated heterocycles. The summed E-state index contributed by atoms with van der Waals surface area (Å²) < 4.78 is 2.99. The maximum atomic E-state index is 12.8. The molecule has 0 bridgehead atoms. The smallest absolute Gasteiger partial charge is 0.251 e. The van der Waals surface area contributed by atoms with Crippen LogP contribution in [0.5, 0.6) is 0 Å². The van der Waals surface area contributed by atoms with Crippen molar-refractivity contribution in [2.24, 2.45) is 0 Å². The SMILES string of the molecule is O=C(NCCC(c1ccccc1)c1ccccc1)c1ccc2nc(-n3cccc3)sc2c1. The van der Waals surface area contributed by atoms with E-state index >= 15 is 0 Å². The number of benzene rings is 3. The lowest BCUT2D eigenvalue weighted by molar-refractivity contribution is 0.0953. The van der Waals surface area contributed by atoms with Crippen molar-refractivity contribution >= 4 is 27.5 Å². The van der Waals surface area contributed by atoms with Crippen LogP contribution in [0.2, 0.25) is 0 Å². The van der Waals surface area contributed by atoms with Gasteiger partial charge in [0.25, 0.3) is 5.91 Å². The van der Waals surface area contributed by atoms with E-state index in [1.165, 1.54) is 11.1 Å². The summed E-state index contributed by atoms with van der Waals surface area (Å²) in [4.78, 5) is 17.5. The van der Waals surface area contributed by atoms with Crippen molar-refractivity contribution in [3.05, 3.63) is 120 Å². The minimum atomic E-state index is -0.0531. The molecule has 4 nitrogen and oxygen atoms in total. The molecule has 0 aliphatic heterocycles. The molecule has 5 heteroatoms. The molecule has 2 aromatic heterocycles. The topological polar surface area (TPSA) is 46.9 Å². The van der Waals surface area contributed by atoms with Crippen LogP contribution < -0.4 is 5.32 Å². The van der Waals surface area contributed by atoms with Gasteiger partial charge in [-0.2, -0.15) is 0 Å². The van der Waals surface area contributed by atoms with Gasteiger partial charge < -0.3 is 9.88 Å². The highest BCUT2D eigenvalue weighted by Crippen LogP contribution is 2.28. The Hall–Kier alpha value is -3.70. The molecule has 2 heterocycles. The van der Waals surface area contributed by atoms with Crippen molar-refractivity contribution in [1.29, 1.82) is 0 Å². The monoisotopic (exact) mass is 437 g/mol. The van der Waals surface area contributed by atoms with E-state index in [2.05, 4.69) is 58.8 Å². The van der Waals surface area contributed by atoms with Crippen molar-refractivity contribution in [2.75, 3.05) is 6.54 Å². The second-order valence-corrected chi connectivity index (χ2v) is 8.70. The van der Waals surface area contributed by atoms with E-state index in [-0.39, 0.29) is 11.8 Å². The largest absolute Gasteiger partial charge is 0.352 e. The van der Waals surface area contributed by atoms with E-state index in [4.69, 9.17) is 0 Å². The van der Waals surface area contributed by atoms with E-state index < -0.39 is 0 Å². The first-order chi connectivity index (χ1) is 15.8. The Balaban J connectivity index is 1.29. The maximum Gasteiger partial charge on any atom is 0.251 e. The van der Waals surface area contributed by atoms with Crippen LogP contribution in [-0.4, -0.2) is 22.0 Å². The molecule has 0 aliphatic rings. The highest BCUT2D eigenvalue weighted by Gasteiger charge is 2.15. The van der Waals surface area contributed by atoms with Crippen LogP contribution in [0.25, 0.3) is 15.3 Å². The Morgan fingerprint density at radius 1 is 0.875 bits per heavy atom. The zero-order chi connectivity index (χ0) is 21.8. The van der Waals surface area contributed by atoms with Gasteiger partial charge in [0.1, 0.15) is 0 Å². The summed E-state index contributed by atoms with van der Waals surface area (Å²) in [5, 5.41) is 4.01. The normalized spacial score (nSPS) is 11.2. The molecule has 0 aliphatic carbocycles. The lowest BCUT2D eigenvalue weighted by atomic mass is 9.88. The van der Waals surface area contributed by atoms with Crippen LogP contribution in [0.1, 0.15) is 33.8 Å². The van der Waals surface area contributed by atoms with Gasteiger partial charge in [0.2, 0.25) is 0 Å². The van der Waals surface area contributed by atoms with Gasteiger partial charge >= 0.3 is 0 Å². The minimum absolute atomic E-state index is 0.0531. The number of hydrogen-bond acceptors (Lipinski definition) is 3. The molecule has 1 amide bonds. The number of aromatic nitrogens is 2. The zero-order valence-electron chi connectivity index (χ0n) is 17.5. The van der Waals surface area contributed by atoms with Gasteiger partial charge in [0, 0.05) is 30.4 Å². The maximum absolute atomic E-state index is 12.8. The van der Waals surface area contributed by atoms with Crippen molar-refractivity contribution in [1.82, 2.24) is 14.9 Å². The van der Waals surface area contributed by atoms with Crippen LogP contribution in [-0.2, 0) is 0 Å². The van der Waals surface area contributed by atoms with Gasteiger partial charge in [-0.15, -0.1) is 0 Å². The number of nitrogens with one attached hydrogen (secondary N) is 1. The van der Waals surface area contributed by atoms with Gasteiger partial charge in [0.15, 0.2) is 5.13 Å². The summed E-state index contributed by atoms with van der Waals surface area (Å²) in [5.41, 5.74) is 4.09. The predicted molar refractivity (Wildman–Crippen MR) is 131 cm³/mol. The first kappa shape index (κ1) is 20.2. The lowest BCUT2D eigenvalue weighted by Gasteiger charge is -2.18. The van der Waals surface area contributed by atoms with E-state index in [9.17, 15) is 4.79 Å². The predicted octanol–water partition coefficient (Wildman–Crippen LogP) is 6.04. The number of fused-ring (bicyclic) bond motifs is 1. The summed E-state index contributed by atoms with van der Waals surface area (Å²) in [7, 11) is 0. The molecule has 158 valence electrons. The van der Waals surface area contributed by atoms with E-state index in [1.54, 1.807) is 11.3 Å². The van der Waals surface area contributed by atoms with E-state index in [0.29, 0.717) is 12.1 Å². The fraction of sp³-hybridized carbons (Fsp3) is 0.111. The Morgan fingerprint density at radius 3 is 2.19 bits per heavy atom. The molecule has 0 unspecified atom stereocenters. The Bertz CT molecular complexity index is 1270. The van der Waals surface area contributed by atoms with Crippen molar-refractivity contribution in [3.63, 3.8) is 0 Å². The van der Waals surface area contributed by atoms with Crippen molar-refractivity contribution in [2.45, 2.75) is 12.3 Å². The molecule has 5 aromatic rings. The number of carbonyl (C=O) groups excluding carboxylic acids is 1. The van der Waals surface area contributed by atoms with E-state index in [0.717, 1.165) is 21.8 Å². The Labute approximate surface area is 191 Å². The third kappa shape index (κ3) is 4.34. The Morgan fingerprint density at radius 2 is 1.53 bits per heavy atom. The van der Waals surface area contributed by atoms with Crippen molar-refractivity contribution in [3.8, 4) is 5.13 Å². The summed E-state index contributed by atoms with van der Waals surface area (Å²) in [5.74, 6) is 0.188. The molecular formula is C27H23N3OS. The van der Waals surface area contributed by atoms with Gasteiger partial charge in [-0.3, -0.25) is 4.79 Å². The van der Waals surface area contributed by atoms with Crippen LogP contribution >= 0.6 is 11.3 Å². The average Bonchev–Trinajstić information content (AvgIpc) is 3.52. The average molecular weight is 438 g/mol. The van der Waals surface area contributed by atoms with Crippen LogP contribution in [0.15, 0.2) is 103 Å². The third-order valence-corrected chi connectivity index (χ3v) is 6.62. The molecule has 0 radical (unpaired) electrons. The molecule has 3 aromatic carbocycles. The molecule has 0 atom stereocenters. The number of thiazole rings is 1. The second kappa shape index (κ2) is 9.20. The highest BCUT2D eigenvalue weighted by molar-refractivity contribution is 7.20. The Kier molecular flexibility index (Phi) is 5.81. The summed E-state index contributed by atoms with van der Waals surface area (Å²) >= 11 is 1.58. The number of rotatable bonds is 7. The van der Waals surface area contributed by atoms with E-state index in [1.807, 2.05) is 59.4 Å². The molecule has 0 saturated carbocycles. The number of nitrogens with zero attached hydrogens (tertiary/aromatic N) is 2. The quantitative estimate of drug-likeness (QED) is 0.337. The molecule has 5 rings (SSSR count). The summed E-state index contributed by atoms with van der Waals surface area (Å²) in [6, 6.07) is 30.6. The van der Waals surface area contributed by atoms with Gasteiger partial charge in [-0.1, -0.05) is 72.0 Å². The number of amides is 1. The molecular weight excluding hydrogens is 414 g/mol. The van der Waals surface area contributed by atoms with Gasteiger partial charge in [-0.05, 0) is 47.9 Å². The fourth-order valence-electron chi connectivity index (χ4n) is 3.95. The van der Waals surface area contributed by atoms with Crippen LogP contribution in [0, 0.1) is 0 Å². The number of carbonyl (C=O) groups is 1. The van der Waals surface area contributed by atoms with Crippen LogP contribution in [0.4, 0.5) is 0 Å². The van der Waals surface area contributed by atoms with Gasteiger partial charge in [0.05, 0.1) is 10.2 Å². The molecule has 0 spiro atoms. The third-order valence-electron chi connectivity index (χ3n) is 5.59. The zero-order valence-corrected chi connectivity index (χ0v) is 18.3. The molecule has 32 heavy (non-hydrogen) atoms. The minimum Gasteiger partial charge on any atom is -0.352 e. The number of hydrogen-bond donors (Lipinski definition) is 1. The summed E-state index contributed by atoms with van der Waals surface area (Å²) in [6.45, 7) is 0.600. The summed E-state index contributed by atoms with van der Waals surface area (Å²) in [6.07, 6.45) is 4.78. The molecule has 1 N–H and O–H groups in total. The second-order valence-electron chi connectivity index (χ2n) is 7.69. The highest BCUT2D eigenvalue weighted by atomic mass is 32.1. The lowest BCUT2D eigenvalue weighted by Crippen LogP contribution is -2.25. The van der Waals surface area contributed by atoms with Crippen LogP contribution in [0.3, 0.4) is 0 Å². The fourth-order valence-corrected chi connectivity index (χ4v) is 4.93. The molecule has 0 fully saturated rings. The van der Waals surface area contributed by atoms with Crippen molar-refractivity contribution < 1.29 is 4.79 Å².